The van der Waals surface area contributed by atoms with Gasteiger partial charge in [0.2, 0.25) is 5.79 Å². The molecule has 5 fully saturated rings. The number of nitrogens with one attached hydrogen (secondary N) is 1. The molecule has 4 saturated heterocycles. The first-order valence-corrected chi connectivity index (χ1v) is 14.5. The van der Waals surface area contributed by atoms with Crippen molar-refractivity contribution in [1.29, 1.82) is 0 Å². The van der Waals surface area contributed by atoms with Crippen LogP contribution in [-0.2, 0) is 24.0 Å². The van der Waals surface area contributed by atoms with Crippen LogP contribution in [-0.4, -0.2) is 42.2 Å². The van der Waals surface area contributed by atoms with Crippen LogP contribution in [0.15, 0.2) is 48.5 Å². The third-order valence-corrected chi connectivity index (χ3v) is 9.34. The lowest BCUT2D eigenvalue weighted by Crippen LogP contribution is -2.72. The van der Waals surface area contributed by atoms with Crippen molar-refractivity contribution in [3.05, 3.63) is 71.3 Å². The molecule has 224 valence electrons. The zero-order valence-electron chi connectivity index (χ0n) is 23.8. The van der Waals surface area contributed by atoms with E-state index in [1.54, 1.807) is 24.3 Å². The summed E-state index contributed by atoms with van der Waals surface area (Å²) in [4.78, 5) is 37.4. The Balaban J connectivity index is 1.05. The molecular weight excluding hydrogens is 548 g/mol. The van der Waals surface area contributed by atoms with Gasteiger partial charge in [0.1, 0.15) is 12.0 Å². The van der Waals surface area contributed by atoms with Crippen molar-refractivity contribution in [2.75, 3.05) is 6.61 Å². The summed E-state index contributed by atoms with van der Waals surface area (Å²) in [6.45, 7) is 5.94. The van der Waals surface area contributed by atoms with Gasteiger partial charge in [-0.15, -0.1) is 0 Å². The Labute approximate surface area is 243 Å². The summed E-state index contributed by atoms with van der Waals surface area (Å²) in [5.41, 5.74) is 0.0429. The highest BCUT2D eigenvalue weighted by Crippen LogP contribution is 2.60. The highest BCUT2D eigenvalue weighted by molar-refractivity contribution is 6.06. The van der Waals surface area contributed by atoms with Crippen LogP contribution in [0.2, 0.25) is 0 Å². The predicted octanol–water partition coefficient (Wildman–Crippen LogP) is 5.56. The van der Waals surface area contributed by atoms with Crippen molar-refractivity contribution < 1.29 is 42.4 Å². The minimum atomic E-state index is -0.983. The quantitative estimate of drug-likeness (QED) is 0.259. The van der Waals surface area contributed by atoms with E-state index in [2.05, 4.69) is 19.2 Å². The van der Waals surface area contributed by atoms with E-state index in [0.717, 1.165) is 31.4 Å². The van der Waals surface area contributed by atoms with Crippen molar-refractivity contribution in [3.63, 3.8) is 0 Å². The third-order valence-electron chi connectivity index (χ3n) is 9.34. The summed E-state index contributed by atoms with van der Waals surface area (Å²) in [7, 11) is 0. The number of carbonyl (C=O) groups is 2. The van der Waals surface area contributed by atoms with Crippen molar-refractivity contribution in [3.8, 4) is 5.75 Å². The molecular formula is C32H35F2NO7. The fourth-order valence-corrected chi connectivity index (χ4v) is 7.02. The highest BCUT2D eigenvalue weighted by Gasteiger charge is 2.69. The molecule has 10 heteroatoms. The van der Waals surface area contributed by atoms with E-state index in [1.165, 1.54) is 18.2 Å². The maximum absolute atomic E-state index is 13.4. The number of allylic oxidation sites excluding steroid dienone is 1. The lowest BCUT2D eigenvalue weighted by Gasteiger charge is -2.60. The Kier molecular flexibility index (Phi) is 7.67. The first-order valence-electron chi connectivity index (χ1n) is 14.5. The van der Waals surface area contributed by atoms with Crippen LogP contribution in [0.25, 0.3) is 6.08 Å². The van der Waals surface area contributed by atoms with Crippen molar-refractivity contribution in [1.82, 2.24) is 5.32 Å². The summed E-state index contributed by atoms with van der Waals surface area (Å²) in [6.07, 6.45) is 5.09. The Hall–Kier alpha value is -3.18. The minimum Gasteiger partial charge on any atom is -0.484 e. The number of fused-ring (bicyclic) bond motifs is 2. The summed E-state index contributed by atoms with van der Waals surface area (Å²) in [5.74, 6) is -2.34. The van der Waals surface area contributed by atoms with E-state index >= 15 is 0 Å². The van der Waals surface area contributed by atoms with Crippen molar-refractivity contribution in [2.24, 2.45) is 23.7 Å². The van der Waals surface area contributed by atoms with Crippen LogP contribution in [0.4, 0.5) is 8.78 Å². The molecule has 0 unspecified atom stereocenters. The van der Waals surface area contributed by atoms with Gasteiger partial charge in [-0.2, -0.15) is 0 Å². The van der Waals surface area contributed by atoms with E-state index in [4.69, 9.17) is 24.0 Å². The van der Waals surface area contributed by atoms with Gasteiger partial charge < -0.3 is 19.5 Å². The van der Waals surface area contributed by atoms with Crippen LogP contribution >= 0.6 is 0 Å². The van der Waals surface area contributed by atoms with Gasteiger partial charge >= 0.3 is 0 Å². The molecule has 1 aliphatic carbocycles. The number of rotatable bonds is 7. The van der Waals surface area contributed by atoms with Crippen molar-refractivity contribution in [2.45, 2.75) is 70.4 Å². The van der Waals surface area contributed by atoms with Gasteiger partial charge in [-0.25, -0.2) is 18.6 Å². The van der Waals surface area contributed by atoms with Gasteiger partial charge in [0.05, 0.1) is 0 Å². The molecule has 1 N–H and O–H groups in total. The molecule has 8 nitrogen and oxygen atoms in total. The summed E-state index contributed by atoms with van der Waals surface area (Å²) in [6, 6.07) is 9.71. The molecule has 1 amide bonds. The molecule has 1 saturated carbocycles. The zero-order chi connectivity index (χ0) is 29.6. The van der Waals surface area contributed by atoms with Crippen LogP contribution in [0.3, 0.4) is 0 Å². The second-order valence-corrected chi connectivity index (χ2v) is 12.1. The smallest absolute Gasteiger partial charge is 0.259 e. The van der Waals surface area contributed by atoms with E-state index in [1.807, 2.05) is 6.92 Å². The van der Waals surface area contributed by atoms with Crippen LogP contribution < -0.4 is 10.1 Å². The first kappa shape index (κ1) is 28.9. The SMILES string of the molecule is C[C@H]1[C@@H](NC(=O)COc2ccc(C(=O)/C=C/c3ccc(F)c(F)c3)cc2)O[C@@H]2O[C@@]3(C)CC[C@H]4[C@H](C)CC[C@@H]1[C@@]24OO3. The maximum Gasteiger partial charge on any atom is 0.259 e. The Morgan fingerprint density at radius 2 is 1.81 bits per heavy atom. The second kappa shape index (κ2) is 11.1. The van der Waals surface area contributed by atoms with Gasteiger partial charge in [0, 0.05) is 23.8 Å². The average Bonchev–Trinajstić information content (AvgIpc) is 3.21. The molecule has 1 spiro atoms. The van der Waals surface area contributed by atoms with Gasteiger partial charge in [-0.3, -0.25) is 9.59 Å². The molecule has 4 aliphatic heterocycles. The topological polar surface area (TPSA) is 92.3 Å². The van der Waals surface area contributed by atoms with Crippen LogP contribution in [0, 0.1) is 35.3 Å². The van der Waals surface area contributed by atoms with E-state index in [0.29, 0.717) is 29.2 Å². The number of hydrogen-bond donors (Lipinski definition) is 1. The predicted molar refractivity (Wildman–Crippen MR) is 147 cm³/mol. The molecule has 0 radical (unpaired) electrons. The standard InChI is InChI=1S/C32H35F2NO7/c1-18-4-11-24-19(2)29(39-30-32(24)23(18)14-15-31(3,40-30)41-42-32)35-28(37)17-38-22-9-7-21(8-10-22)27(36)13-6-20-5-12-25(33)26(34)16-20/h5-10,12-13,16,18-19,23-24,29-30H,4,11,14-15,17H2,1-3H3,(H,35,37)/b13-6+/t18-,19-,23+,24+,29+,30-,31-,32-/m1/s1. The number of halogens is 2. The molecule has 7 rings (SSSR count). The Bertz CT molecular complexity index is 1380. The molecule has 2 bridgehead atoms. The largest absolute Gasteiger partial charge is 0.484 e. The summed E-state index contributed by atoms with van der Waals surface area (Å²) >= 11 is 0. The summed E-state index contributed by atoms with van der Waals surface area (Å²) in [5, 5.41) is 2.97. The Morgan fingerprint density at radius 1 is 1.02 bits per heavy atom. The number of carbonyl (C=O) groups excluding carboxylic acids is 2. The van der Waals surface area contributed by atoms with Gasteiger partial charge in [0.15, 0.2) is 35.9 Å². The molecule has 2 aromatic rings. The second-order valence-electron chi connectivity index (χ2n) is 12.1. The first-order chi connectivity index (χ1) is 20.1. The fourth-order valence-electron chi connectivity index (χ4n) is 7.02. The number of hydrogen-bond acceptors (Lipinski definition) is 7. The monoisotopic (exact) mass is 583 g/mol. The normalized spacial score (nSPS) is 35.4. The molecule has 0 aromatic heterocycles. The molecule has 8 atom stereocenters. The van der Waals surface area contributed by atoms with Gasteiger partial charge in [-0.05, 0) is 86.1 Å². The van der Waals surface area contributed by atoms with Crippen LogP contribution in [0.5, 0.6) is 5.75 Å². The number of amides is 1. The number of ketones is 1. The molecule has 2 aromatic carbocycles. The molecule has 5 aliphatic rings. The lowest BCUT2D eigenvalue weighted by molar-refractivity contribution is -0.571. The van der Waals surface area contributed by atoms with E-state index in [9.17, 15) is 18.4 Å². The van der Waals surface area contributed by atoms with Gasteiger partial charge in [-0.1, -0.05) is 26.0 Å². The fraction of sp³-hybridized carbons (Fsp3) is 0.500. The van der Waals surface area contributed by atoms with Crippen molar-refractivity contribution >= 4 is 17.8 Å². The number of ether oxygens (including phenoxy) is 3. The molecule has 42 heavy (non-hydrogen) atoms. The summed E-state index contributed by atoms with van der Waals surface area (Å²) < 4.78 is 44.9. The highest BCUT2D eigenvalue weighted by atomic mass is 19.2. The van der Waals surface area contributed by atoms with Crippen LogP contribution in [0.1, 0.15) is 62.4 Å². The average molecular weight is 584 g/mol. The molecule has 4 heterocycles. The lowest BCUT2D eigenvalue weighted by atomic mass is 9.58. The van der Waals surface area contributed by atoms with E-state index < -0.39 is 35.5 Å². The Morgan fingerprint density at radius 3 is 2.57 bits per heavy atom. The van der Waals surface area contributed by atoms with Gasteiger partial charge in [0.25, 0.3) is 5.91 Å². The number of benzene rings is 2. The minimum absolute atomic E-state index is 0.0420. The maximum atomic E-state index is 13.4. The third kappa shape index (κ3) is 5.25. The zero-order valence-corrected chi connectivity index (χ0v) is 23.8. The van der Waals surface area contributed by atoms with E-state index in [-0.39, 0.29) is 36.1 Å².